The van der Waals surface area contributed by atoms with Gasteiger partial charge in [0.25, 0.3) is 11.8 Å². The summed E-state index contributed by atoms with van der Waals surface area (Å²) in [5, 5.41) is 0. The summed E-state index contributed by atoms with van der Waals surface area (Å²) in [7, 11) is 1.60. The molecule has 1 fully saturated rings. The molecule has 1 aliphatic heterocycles. The van der Waals surface area contributed by atoms with Gasteiger partial charge in [-0.3, -0.25) is 9.59 Å². The molecule has 1 saturated heterocycles. The van der Waals surface area contributed by atoms with E-state index in [0.717, 1.165) is 37.9 Å². The number of nitrogens with zero attached hydrogens (tertiary/aromatic N) is 2. The van der Waals surface area contributed by atoms with Crippen LogP contribution in [0.15, 0.2) is 36.4 Å². The minimum Gasteiger partial charge on any atom is -0.493 e. The van der Waals surface area contributed by atoms with Crippen molar-refractivity contribution in [1.82, 2.24) is 9.80 Å². The van der Waals surface area contributed by atoms with Gasteiger partial charge in [-0.25, -0.2) is 0 Å². The molecule has 1 heterocycles. The van der Waals surface area contributed by atoms with Crippen LogP contribution in [0.4, 0.5) is 0 Å². The maximum absolute atomic E-state index is 13.4. The fourth-order valence-electron chi connectivity index (χ4n) is 4.22. The van der Waals surface area contributed by atoms with Crippen LogP contribution in [0.25, 0.3) is 0 Å². The smallest absolute Gasteiger partial charge is 0.260 e. The van der Waals surface area contributed by atoms with Gasteiger partial charge in [0.1, 0.15) is 0 Å². The van der Waals surface area contributed by atoms with Crippen LogP contribution in [0.2, 0.25) is 0 Å². The van der Waals surface area contributed by atoms with E-state index in [1.807, 2.05) is 43.9 Å². The largest absolute Gasteiger partial charge is 0.493 e. The zero-order valence-corrected chi connectivity index (χ0v) is 21.9. The second-order valence-electron chi connectivity index (χ2n) is 8.56. The summed E-state index contributed by atoms with van der Waals surface area (Å²) in [6, 6.07) is 10.8. The van der Waals surface area contributed by atoms with E-state index < -0.39 is 0 Å². The van der Waals surface area contributed by atoms with Crippen LogP contribution in [0.1, 0.15) is 56.0 Å². The summed E-state index contributed by atoms with van der Waals surface area (Å²) in [5.74, 6) is 2.07. The second kappa shape index (κ2) is 13.6. The number of carbonyl (C=O) groups is 2. The first kappa shape index (κ1) is 27.2. The molecule has 0 N–H and O–H groups in total. The van der Waals surface area contributed by atoms with Gasteiger partial charge in [0.2, 0.25) is 0 Å². The molecule has 0 atom stereocenters. The van der Waals surface area contributed by atoms with Crippen molar-refractivity contribution in [3.05, 3.63) is 47.5 Å². The Morgan fingerprint density at radius 2 is 1.50 bits per heavy atom. The Bertz CT molecular complexity index is 1020. The molecule has 0 spiro atoms. The van der Waals surface area contributed by atoms with Gasteiger partial charge in [-0.1, -0.05) is 6.07 Å². The van der Waals surface area contributed by atoms with Crippen molar-refractivity contribution < 1.29 is 28.5 Å². The van der Waals surface area contributed by atoms with Crippen LogP contribution in [-0.2, 0) is 11.3 Å². The van der Waals surface area contributed by atoms with Gasteiger partial charge >= 0.3 is 0 Å². The Hall–Kier alpha value is -3.42. The summed E-state index contributed by atoms with van der Waals surface area (Å²) in [6.07, 6.45) is 3.23. The van der Waals surface area contributed by atoms with E-state index in [9.17, 15) is 9.59 Å². The van der Waals surface area contributed by atoms with Crippen molar-refractivity contribution in [2.75, 3.05) is 46.6 Å². The number of hydrogen-bond acceptors (Lipinski definition) is 6. The Morgan fingerprint density at radius 1 is 0.833 bits per heavy atom. The average Bonchev–Trinajstić information content (AvgIpc) is 2.91. The standard InChI is InChI=1S/C28H38N2O6/c1-5-29(19-21-11-13-23(34-6-2)25(17-21)33-4)28(32)22-12-14-24(26(18-22)35-7-3)36-20-27(31)30-15-9-8-10-16-30/h11-14,17-18H,5-10,15-16,19-20H2,1-4H3. The summed E-state index contributed by atoms with van der Waals surface area (Å²) in [5.41, 5.74) is 1.43. The highest BCUT2D eigenvalue weighted by atomic mass is 16.5. The highest BCUT2D eigenvalue weighted by Crippen LogP contribution is 2.31. The fourth-order valence-corrected chi connectivity index (χ4v) is 4.22. The van der Waals surface area contributed by atoms with Gasteiger partial charge in [-0.05, 0) is 75.9 Å². The molecule has 2 amide bonds. The Morgan fingerprint density at radius 3 is 2.17 bits per heavy atom. The molecule has 1 aliphatic rings. The predicted molar refractivity (Wildman–Crippen MR) is 138 cm³/mol. The molecule has 0 saturated carbocycles. The normalized spacial score (nSPS) is 13.2. The predicted octanol–water partition coefficient (Wildman–Crippen LogP) is 4.55. The number of ether oxygens (including phenoxy) is 4. The van der Waals surface area contributed by atoms with Crippen molar-refractivity contribution in [3.8, 4) is 23.0 Å². The molecule has 2 aromatic rings. The Labute approximate surface area is 214 Å². The topological polar surface area (TPSA) is 77.5 Å². The maximum Gasteiger partial charge on any atom is 0.260 e. The van der Waals surface area contributed by atoms with E-state index in [4.69, 9.17) is 18.9 Å². The van der Waals surface area contributed by atoms with E-state index >= 15 is 0 Å². The lowest BCUT2D eigenvalue weighted by Crippen LogP contribution is -2.38. The molecule has 2 aromatic carbocycles. The zero-order valence-electron chi connectivity index (χ0n) is 21.9. The third kappa shape index (κ3) is 7.06. The van der Waals surface area contributed by atoms with Gasteiger partial charge in [0.15, 0.2) is 29.6 Å². The number of carbonyl (C=O) groups excluding carboxylic acids is 2. The van der Waals surface area contributed by atoms with Gasteiger partial charge < -0.3 is 28.7 Å². The molecular weight excluding hydrogens is 460 g/mol. The SMILES string of the molecule is CCOc1ccc(CN(CC)C(=O)c2ccc(OCC(=O)N3CCCCC3)c(OCC)c2)cc1OC. The number of benzene rings is 2. The minimum atomic E-state index is -0.123. The molecular formula is C28H38N2O6. The van der Waals surface area contributed by atoms with Crippen molar-refractivity contribution in [1.29, 1.82) is 0 Å². The van der Waals surface area contributed by atoms with Crippen LogP contribution in [-0.4, -0.2) is 68.2 Å². The lowest BCUT2D eigenvalue weighted by molar-refractivity contribution is -0.134. The molecule has 0 aromatic heterocycles. The van der Waals surface area contributed by atoms with E-state index in [1.165, 1.54) is 0 Å². The number of methoxy groups -OCH3 is 1. The summed E-state index contributed by atoms with van der Waals surface area (Å²) < 4.78 is 22.6. The fraction of sp³-hybridized carbons (Fsp3) is 0.500. The summed E-state index contributed by atoms with van der Waals surface area (Å²) in [4.78, 5) is 29.5. The second-order valence-corrected chi connectivity index (χ2v) is 8.56. The number of likely N-dealkylation sites (tertiary alicyclic amines) is 1. The van der Waals surface area contributed by atoms with Crippen molar-refractivity contribution in [2.45, 2.75) is 46.6 Å². The number of rotatable bonds is 12. The van der Waals surface area contributed by atoms with Crippen LogP contribution in [0.5, 0.6) is 23.0 Å². The Balaban J connectivity index is 1.71. The molecule has 0 radical (unpaired) electrons. The molecule has 0 bridgehead atoms. The van der Waals surface area contributed by atoms with Gasteiger partial charge in [0.05, 0.1) is 20.3 Å². The maximum atomic E-state index is 13.4. The number of amides is 2. The zero-order chi connectivity index (χ0) is 25.9. The molecule has 0 unspecified atom stereocenters. The van der Waals surface area contributed by atoms with E-state index in [-0.39, 0.29) is 18.4 Å². The lowest BCUT2D eigenvalue weighted by Gasteiger charge is -2.26. The first-order chi connectivity index (χ1) is 17.5. The summed E-state index contributed by atoms with van der Waals surface area (Å²) in [6.45, 7) is 9.15. The first-order valence-corrected chi connectivity index (χ1v) is 12.8. The molecule has 196 valence electrons. The third-order valence-electron chi connectivity index (χ3n) is 6.12. The van der Waals surface area contributed by atoms with Crippen molar-refractivity contribution >= 4 is 11.8 Å². The quantitative estimate of drug-likeness (QED) is 0.427. The lowest BCUT2D eigenvalue weighted by atomic mass is 10.1. The number of piperidine rings is 1. The van der Waals surface area contributed by atoms with E-state index in [2.05, 4.69) is 0 Å². The number of hydrogen-bond donors (Lipinski definition) is 0. The minimum absolute atomic E-state index is 0.0276. The van der Waals surface area contributed by atoms with Crippen LogP contribution < -0.4 is 18.9 Å². The monoisotopic (exact) mass is 498 g/mol. The highest BCUT2D eigenvalue weighted by Gasteiger charge is 2.20. The summed E-state index contributed by atoms with van der Waals surface area (Å²) >= 11 is 0. The van der Waals surface area contributed by atoms with Crippen LogP contribution >= 0.6 is 0 Å². The average molecular weight is 499 g/mol. The molecule has 0 aliphatic carbocycles. The van der Waals surface area contributed by atoms with Gasteiger partial charge in [-0.2, -0.15) is 0 Å². The first-order valence-electron chi connectivity index (χ1n) is 12.8. The van der Waals surface area contributed by atoms with Gasteiger partial charge in [-0.15, -0.1) is 0 Å². The van der Waals surface area contributed by atoms with E-state index in [0.29, 0.717) is 54.9 Å². The third-order valence-corrected chi connectivity index (χ3v) is 6.12. The molecule has 8 nitrogen and oxygen atoms in total. The van der Waals surface area contributed by atoms with E-state index in [1.54, 1.807) is 30.2 Å². The van der Waals surface area contributed by atoms with Crippen LogP contribution in [0, 0.1) is 0 Å². The van der Waals surface area contributed by atoms with Crippen molar-refractivity contribution in [3.63, 3.8) is 0 Å². The van der Waals surface area contributed by atoms with Gasteiger partial charge in [0, 0.05) is 31.7 Å². The molecule has 36 heavy (non-hydrogen) atoms. The highest BCUT2D eigenvalue weighted by molar-refractivity contribution is 5.95. The Kier molecular flexibility index (Phi) is 10.3. The van der Waals surface area contributed by atoms with Crippen molar-refractivity contribution in [2.24, 2.45) is 0 Å². The molecule has 3 rings (SSSR count). The molecule has 8 heteroatoms. The van der Waals surface area contributed by atoms with Crippen LogP contribution in [0.3, 0.4) is 0 Å².